The van der Waals surface area contributed by atoms with Gasteiger partial charge in [-0.05, 0) is 62.3 Å². The molecule has 0 bridgehead atoms. The van der Waals surface area contributed by atoms with E-state index in [9.17, 15) is 4.79 Å². The summed E-state index contributed by atoms with van der Waals surface area (Å²) in [5.74, 6) is 2.65. The zero-order valence-electron chi connectivity index (χ0n) is 18.9. The highest BCUT2D eigenvalue weighted by Gasteiger charge is 2.41. The zero-order chi connectivity index (χ0) is 22.4. The van der Waals surface area contributed by atoms with Crippen molar-refractivity contribution < 1.29 is 23.7 Å². The lowest BCUT2D eigenvalue weighted by Crippen LogP contribution is -2.51. The highest BCUT2D eigenvalue weighted by Crippen LogP contribution is 2.39. The SMILES string of the molecule is COc1ccc(C(=O)N2CCC3(CC2)CC(CCOc2ccncc2)CCO3)c(OC)c1. The van der Waals surface area contributed by atoms with Crippen LogP contribution in [0.4, 0.5) is 0 Å². The van der Waals surface area contributed by atoms with Crippen molar-refractivity contribution in [2.75, 3.05) is 40.5 Å². The maximum Gasteiger partial charge on any atom is 0.257 e. The number of carbonyl (C=O) groups excluding carboxylic acids is 1. The van der Waals surface area contributed by atoms with Gasteiger partial charge >= 0.3 is 0 Å². The van der Waals surface area contributed by atoms with E-state index >= 15 is 0 Å². The Morgan fingerprint density at radius 3 is 2.62 bits per heavy atom. The third-order valence-corrected chi connectivity index (χ3v) is 6.64. The first kappa shape index (κ1) is 22.4. The fourth-order valence-corrected chi connectivity index (χ4v) is 4.76. The zero-order valence-corrected chi connectivity index (χ0v) is 18.9. The summed E-state index contributed by atoms with van der Waals surface area (Å²) in [5.41, 5.74) is 0.445. The predicted octanol–water partition coefficient (Wildman–Crippen LogP) is 3.97. The Balaban J connectivity index is 1.31. The molecule has 4 rings (SSSR count). The number of ether oxygens (including phenoxy) is 4. The van der Waals surface area contributed by atoms with Crippen molar-refractivity contribution in [1.82, 2.24) is 9.88 Å². The monoisotopic (exact) mass is 440 g/mol. The van der Waals surface area contributed by atoms with Crippen LogP contribution in [0.2, 0.25) is 0 Å². The van der Waals surface area contributed by atoms with E-state index in [0.29, 0.717) is 42.7 Å². The molecule has 0 radical (unpaired) electrons. The molecule has 1 amide bonds. The minimum atomic E-state index is -0.125. The number of likely N-dealkylation sites (tertiary alicyclic amines) is 1. The van der Waals surface area contributed by atoms with Gasteiger partial charge in [0.1, 0.15) is 17.2 Å². The van der Waals surface area contributed by atoms with Crippen LogP contribution in [0.15, 0.2) is 42.7 Å². The van der Waals surface area contributed by atoms with E-state index in [1.54, 1.807) is 44.8 Å². The van der Waals surface area contributed by atoms with Crippen molar-refractivity contribution in [3.05, 3.63) is 48.3 Å². The van der Waals surface area contributed by atoms with Crippen LogP contribution in [0.3, 0.4) is 0 Å². The van der Waals surface area contributed by atoms with E-state index < -0.39 is 0 Å². The Labute approximate surface area is 189 Å². The average molecular weight is 441 g/mol. The van der Waals surface area contributed by atoms with Crippen LogP contribution in [0, 0.1) is 5.92 Å². The Morgan fingerprint density at radius 2 is 1.91 bits per heavy atom. The first-order chi connectivity index (χ1) is 15.6. The number of amides is 1. The number of methoxy groups -OCH3 is 2. The number of carbonyl (C=O) groups is 1. The van der Waals surface area contributed by atoms with Crippen LogP contribution in [0.5, 0.6) is 17.2 Å². The van der Waals surface area contributed by atoms with Gasteiger partial charge < -0.3 is 23.8 Å². The highest BCUT2D eigenvalue weighted by molar-refractivity contribution is 5.97. The molecule has 3 heterocycles. The predicted molar refractivity (Wildman–Crippen MR) is 120 cm³/mol. The second kappa shape index (κ2) is 10.2. The number of rotatable bonds is 7. The van der Waals surface area contributed by atoms with E-state index in [1.165, 1.54) is 0 Å². The molecular formula is C25H32N2O5. The number of hydrogen-bond acceptors (Lipinski definition) is 6. The molecule has 1 aromatic carbocycles. The molecule has 1 unspecified atom stereocenters. The Bertz CT molecular complexity index is 896. The van der Waals surface area contributed by atoms with Crippen LogP contribution in [0.25, 0.3) is 0 Å². The van der Waals surface area contributed by atoms with Gasteiger partial charge in [0.2, 0.25) is 0 Å². The molecule has 0 aliphatic carbocycles. The minimum Gasteiger partial charge on any atom is -0.497 e. The van der Waals surface area contributed by atoms with Crippen LogP contribution in [0.1, 0.15) is 42.5 Å². The molecule has 2 aromatic rings. The van der Waals surface area contributed by atoms with Gasteiger partial charge in [0.25, 0.3) is 5.91 Å². The van der Waals surface area contributed by atoms with Crippen LogP contribution in [-0.4, -0.2) is 61.9 Å². The van der Waals surface area contributed by atoms with Crippen molar-refractivity contribution in [3.8, 4) is 17.2 Å². The Kier molecular flexibility index (Phi) is 7.15. The Morgan fingerprint density at radius 1 is 1.12 bits per heavy atom. The van der Waals surface area contributed by atoms with Gasteiger partial charge in [0, 0.05) is 38.2 Å². The number of hydrogen-bond donors (Lipinski definition) is 0. The third-order valence-electron chi connectivity index (χ3n) is 6.64. The van der Waals surface area contributed by atoms with E-state index in [-0.39, 0.29) is 11.5 Å². The van der Waals surface area contributed by atoms with Crippen LogP contribution >= 0.6 is 0 Å². The van der Waals surface area contributed by atoms with E-state index in [0.717, 1.165) is 44.5 Å². The lowest BCUT2D eigenvalue weighted by molar-refractivity contribution is -0.125. The second-order valence-corrected chi connectivity index (χ2v) is 8.57. The first-order valence-corrected chi connectivity index (χ1v) is 11.3. The fourth-order valence-electron chi connectivity index (χ4n) is 4.76. The molecule has 2 saturated heterocycles. The normalized spacial score (nSPS) is 20.1. The molecule has 32 heavy (non-hydrogen) atoms. The molecular weight excluding hydrogens is 408 g/mol. The van der Waals surface area contributed by atoms with Gasteiger partial charge in [-0.3, -0.25) is 9.78 Å². The van der Waals surface area contributed by atoms with Gasteiger partial charge in [-0.25, -0.2) is 0 Å². The second-order valence-electron chi connectivity index (χ2n) is 8.57. The van der Waals surface area contributed by atoms with E-state index in [1.807, 2.05) is 17.0 Å². The maximum absolute atomic E-state index is 13.1. The summed E-state index contributed by atoms with van der Waals surface area (Å²) < 4.78 is 22.8. The summed E-state index contributed by atoms with van der Waals surface area (Å²) in [6.07, 6.45) is 8.31. The van der Waals surface area contributed by atoms with Crippen molar-refractivity contribution in [2.24, 2.45) is 5.92 Å². The van der Waals surface area contributed by atoms with Gasteiger partial charge in [0.15, 0.2) is 0 Å². The molecule has 7 nitrogen and oxygen atoms in total. The van der Waals surface area contributed by atoms with Crippen molar-refractivity contribution >= 4 is 5.91 Å². The van der Waals surface area contributed by atoms with Crippen LogP contribution in [-0.2, 0) is 4.74 Å². The third kappa shape index (κ3) is 5.15. The molecule has 1 atom stereocenters. The summed E-state index contributed by atoms with van der Waals surface area (Å²) >= 11 is 0. The minimum absolute atomic E-state index is 0.00235. The topological polar surface area (TPSA) is 70.1 Å². The molecule has 2 aliphatic heterocycles. The Hall–Kier alpha value is -2.80. The number of aromatic nitrogens is 1. The van der Waals surface area contributed by atoms with Crippen molar-refractivity contribution in [1.29, 1.82) is 0 Å². The standard InChI is InChI=1S/C25H32N2O5/c1-29-21-3-4-22(23(17-21)30-2)24(28)27-13-9-25(10-14-27)18-19(8-16-32-25)7-15-31-20-5-11-26-12-6-20/h3-6,11-12,17,19H,7-10,13-16,18H2,1-2H3. The lowest BCUT2D eigenvalue weighted by Gasteiger charge is -2.46. The molecule has 1 aromatic heterocycles. The number of benzene rings is 1. The number of piperidine rings is 1. The largest absolute Gasteiger partial charge is 0.497 e. The van der Waals surface area contributed by atoms with Crippen LogP contribution < -0.4 is 14.2 Å². The molecule has 1 spiro atoms. The molecule has 2 fully saturated rings. The summed E-state index contributed by atoms with van der Waals surface area (Å²) in [6, 6.07) is 9.10. The molecule has 2 aliphatic rings. The van der Waals surface area contributed by atoms with E-state index in [4.69, 9.17) is 18.9 Å². The van der Waals surface area contributed by atoms with E-state index in [2.05, 4.69) is 4.98 Å². The molecule has 0 N–H and O–H groups in total. The summed E-state index contributed by atoms with van der Waals surface area (Å²) in [4.78, 5) is 19.1. The molecule has 0 saturated carbocycles. The quantitative estimate of drug-likeness (QED) is 0.649. The van der Waals surface area contributed by atoms with Gasteiger partial charge in [-0.2, -0.15) is 0 Å². The smallest absolute Gasteiger partial charge is 0.257 e. The number of nitrogens with zero attached hydrogens (tertiary/aromatic N) is 2. The lowest BCUT2D eigenvalue weighted by atomic mass is 9.78. The maximum atomic E-state index is 13.1. The van der Waals surface area contributed by atoms with Gasteiger partial charge in [-0.1, -0.05) is 0 Å². The molecule has 172 valence electrons. The molecule has 7 heteroatoms. The van der Waals surface area contributed by atoms with Crippen molar-refractivity contribution in [3.63, 3.8) is 0 Å². The van der Waals surface area contributed by atoms with Gasteiger partial charge in [-0.15, -0.1) is 0 Å². The summed E-state index contributed by atoms with van der Waals surface area (Å²) in [5, 5.41) is 0. The fraction of sp³-hybridized carbons (Fsp3) is 0.520. The summed E-state index contributed by atoms with van der Waals surface area (Å²) in [6.45, 7) is 2.86. The summed E-state index contributed by atoms with van der Waals surface area (Å²) in [7, 11) is 3.17. The van der Waals surface area contributed by atoms with Crippen molar-refractivity contribution in [2.45, 2.75) is 37.7 Å². The number of pyridine rings is 1. The van der Waals surface area contributed by atoms with Gasteiger partial charge in [0.05, 0.1) is 32.0 Å². The highest BCUT2D eigenvalue weighted by atomic mass is 16.5. The first-order valence-electron chi connectivity index (χ1n) is 11.3. The average Bonchev–Trinajstić information content (AvgIpc) is 2.84.